The van der Waals surface area contributed by atoms with Crippen molar-refractivity contribution < 1.29 is 14.3 Å². The number of rotatable bonds is 7. The molecule has 8 heteroatoms. The van der Waals surface area contributed by atoms with E-state index < -0.39 is 0 Å². The van der Waals surface area contributed by atoms with E-state index in [2.05, 4.69) is 10.2 Å². The van der Waals surface area contributed by atoms with Crippen LogP contribution in [0.4, 0.5) is 0 Å². The number of nitrogens with one attached hydrogen (secondary N) is 1. The zero-order valence-electron chi connectivity index (χ0n) is 14.4. The predicted octanol–water partition coefficient (Wildman–Crippen LogP) is 2.52. The standard InChI is InChI=1S/C19H17N3O4S/c23-15(14-6-7-16-17(10-14)26-12-25-16)11-27-19-21-20-18(24)22(19)9-8-13-4-2-1-3-5-13/h1-7,10H,8-9,11-12H2,(H,20,24). The van der Waals surface area contributed by atoms with Gasteiger partial charge in [0.1, 0.15) is 0 Å². The number of ether oxygens (including phenoxy) is 2. The van der Waals surface area contributed by atoms with Gasteiger partial charge in [0.15, 0.2) is 22.4 Å². The number of aryl methyl sites for hydroxylation is 1. The Morgan fingerprint density at radius 1 is 1.15 bits per heavy atom. The third-order valence-corrected chi connectivity index (χ3v) is 5.19. The first kappa shape index (κ1) is 17.4. The highest BCUT2D eigenvalue weighted by atomic mass is 32.2. The Kier molecular flexibility index (Phi) is 4.97. The highest BCUT2D eigenvalue weighted by Crippen LogP contribution is 2.33. The number of ketones is 1. The Labute approximate surface area is 159 Å². The van der Waals surface area contributed by atoms with Gasteiger partial charge in [-0.25, -0.2) is 9.89 Å². The number of H-pyrrole nitrogens is 1. The summed E-state index contributed by atoms with van der Waals surface area (Å²) in [6.45, 7) is 0.669. The van der Waals surface area contributed by atoms with Gasteiger partial charge >= 0.3 is 5.69 Å². The smallest absolute Gasteiger partial charge is 0.343 e. The summed E-state index contributed by atoms with van der Waals surface area (Å²) in [4.78, 5) is 24.5. The number of nitrogens with zero attached hydrogens (tertiary/aromatic N) is 2. The van der Waals surface area contributed by atoms with Crippen LogP contribution in [0.1, 0.15) is 15.9 Å². The van der Waals surface area contributed by atoms with Crippen LogP contribution in [0.3, 0.4) is 0 Å². The van der Waals surface area contributed by atoms with Gasteiger partial charge in [0.2, 0.25) is 6.79 Å². The summed E-state index contributed by atoms with van der Waals surface area (Å²) < 4.78 is 12.1. The van der Waals surface area contributed by atoms with E-state index in [9.17, 15) is 9.59 Å². The van der Waals surface area contributed by atoms with E-state index in [1.807, 2.05) is 30.3 Å². The lowest BCUT2D eigenvalue weighted by Gasteiger charge is -2.06. The van der Waals surface area contributed by atoms with Crippen LogP contribution in [0, 0.1) is 0 Å². The molecular weight excluding hydrogens is 366 g/mol. The fourth-order valence-corrected chi connectivity index (χ4v) is 3.65. The van der Waals surface area contributed by atoms with Gasteiger partial charge in [-0.3, -0.25) is 9.36 Å². The van der Waals surface area contributed by atoms with Gasteiger partial charge in [-0.15, -0.1) is 5.10 Å². The first-order chi connectivity index (χ1) is 13.2. The first-order valence-electron chi connectivity index (χ1n) is 8.45. The summed E-state index contributed by atoms with van der Waals surface area (Å²) in [5, 5.41) is 7.01. The average Bonchev–Trinajstić information content (AvgIpc) is 3.31. The Balaban J connectivity index is 1.41. The fraction of sp³-hybridized carbons (Fsp3) is 0.211. The molecular formula is C19H17N3O4S. The highest BCUT2D eigenvalue weighted by Gasteiger charge is 2.17. The molecule has 0 bridgehead atoms. The minimum absolute atomic E-state index is 0.0663. The van der Waals surface area contributed by atoms with Crippen molar-refractivity contribution >= 4 is 17.5 Å². The van der Waals surface area contributed by atoms with E-state index in [1.165, 1.54) is 11.8 Å². The summed E-state index contributed by atoms with van der Waals surface area (Å²) >= 11 is 1.24. The Morgan fingerprint density at radius 3 is 2.81 bits per heavy atom. The molecule has 0 fully saturated rings. The van der Waals surface area contributed by atoms with Crippen LogP contribution in [-0.2, 0) is 13.0 Å². The molecule has 0 radical (unpaired) electrons. The molecule has 0 aliphatic carbocycles. The van der Waals surface area contributed by atoms with Gasteiger partial charge in [0.25, 0.3) is 0 Å². The SMILES string of the molecule is O=C(CSc1n[nH]c(=O)n1CCc1ccccc1)c1ccc2c(c1)OCO2. The topological polar surface area (TPSA) is 86.2 Å². The molecule has 3 aromatic rings. The maximum absolute atomic E-state index is 12.5. The number of hydrogen-bond acceptors (Lipinski definition) is 6. The lowest BCUT2D eigenvalue weighted by molar-refractivity contribution is 0.102. The van der Waals surface area contributed by atoms with E-state index >= 15 is 0 Å². The molecule has 0 amide bonds. The van der Waals surface area contributed by atoms with Gasteiger partial charge < -0.3 is 9.47 Å². The van der Waals surface area contributed by atoms with E-state index in [1.54, 1.807) is 22.8 Å². The third kappa shape index (κ3) is 3.90. The number of Topliss-reactive ketones (excluding diaryl/α,β-unsaturated/α-hetero) is 1. The molecule has 7 nitrogen and oxygen atoms in total. The minimum Gasteiger partial charge on any atom is -0.454 e. The lowest BCUT2D eigenvalue weighted by Crippen LogP contribution is -2.19. The monoisotopic (exact) mass is 383 g/mol. The van der Waals surface area contributed by atoms with Gasteiger partial charge in [0.05, 0.1) is 5.75 Å². The second-order valence-corrected chi connectivity index (χ2v) is 6.92. The molecule has 2 aromatic carbocycles. The fourth-order valence-electron chi connectivity index (χ4n) is 2.78. The normalized spacial score (nSPS) is 12.3. The molecule has 0 saturated carbocycles. The molecule has 4 rings (SSSR count). The molecule has 1 aliphatic rings. The Hall–Kier alpha value is -3.00. The molecule has 2 heterocycles. The number of fused-ring (bicyclic) bond motifs is 1. The minimum atomic E-state index is -0.274. The van der Waals surface area contributed by atoms with Crippen LogP contribution in [0.15, 0.2) is 58.5 Å². The van der Waals surface area contributed by atoms with Crippen LogP contribution >= 0.6 is 11.8 Å². The number of hydrogen-bond donors (Lipinski definition) is 1. The van der Waals surface area contributed by atoms with Crippen LogP contribution in [0.5, 0.6) is 11.5 Å². The molecule has 0 saturated heterocycles. The quantitative estimate of drug-likeness (QED) is 0.498. The summed E-state index contributed by atoms with van der Waals surface area (Å²) in [5.41, 5.74) is 1.41. The predicted molar refractivity (Wildman–Crippen MR) is 101 cm³/mol. The lowest BCUT2D eigenvalue weighted by atomic mass is 10.1. The van der Waals surface area contributed by atoms with E-state index in [0.717, 1.165) is 5.56 Å². The van der Waals surface area contributed by atoms with Crippen molar-refractivity contribution in [2.24, 2.45) is 0 Å². The van der Waals surface area contributed by atoms with Crippen LogP contribution in [0.25, 0.3) is 0 Å². The number of aromatic nitrogens is 3. The maximum Gasteiger partial charge on any atom is 0.343 e. The van der Waals surface area contributed by atoms with Crippen molar-refractivity contribution in [3.63, 3.8) is 0 Å². The van der Waals surface area contributed by atoms with E-state index in [4.69, 9.17) is 9.47 Å². The van der Waals surface area contributed by atoms with Gasteiger partial charge in [0, 0.05) is 12.1 Å². The van der Waals surface area contributed by atoms with Crippen LogP contribution in [0.2, 0.25) is 0 Å². The number of benzene rings is 2. The van der Waals surface area contributed by atoms with Gasteiger partial charge in [-0.1, -0.05) is 42.1 Å². The summed E-state index contributed by atoms with van der Waals surface area (Å²) in [6.07, 6.45) is 0.712. The van der Waals surface area contributed by atoms with E-state index in [-0.39, 0.29) is 24.0 Å². The highest BCUT2D eigenvalue weighted by molar-refractivity contribution is 7.99. The molecule has 138 valence electrons. The summed E-state index contributed by atoms with van der Waals surface area (Å²) in [7, 11) is 0. The molecule has 0 unspecified atom stereocenters. The van der Waals surface area contributed by atoms with Crippen molar-refractivity contribution in [2.75, 3.05) is 12.5 Å². The van der Waals surface area contributed by atoms with E-state index in [0.29, 0.717) is 35.2 Å². The molecule has 1 N–H and O–H groups in total. The van der Waals surface area contributed by atoms with Gasteiger partial charge in [-0.05, 0) is 30.2 Å². The van der Waals surface area contributed by atoms with Crippen molar-refractivity contribution in [1.82, 2.24) is 14.8 Å². The third-order valence-electron chi connectivity index (χ3n) is 4.22. The Bertz CT molecular complexity index is 1010. The van der Waals surface area contributed by atoms with Crippen molar-refractivity contribution in [2.45, 2.75) is 18.1 Å². The molecule has 27 heavy (non-hydrogen) atoms. The van der Waals surface area contributed by atoms with Crippen molar-refractivity contribution in [3.8, 4) is 11.5 Å². The number of thioether (sulfide) groups is 1. The summed E-state index contributed by atoms with van der Waals surface area (Å²) in [5.74, 6) is 1.32. The second-order valence-electron chi connectivity index (χ2n) is 5.98. The first-order valence-corrected chi connectivity index (χ1v) is 9.44. The van der Waals surface area contributed by atoms with Crippen molar-refractivity contribution in [3.05, 3.63) is 70.1 Å². The molecule has 0 atom stereocenters. The summed E-state index contributed by atoms with van der Waals surface area (Å²) in [6, 6.07) is 15.0. The van der Waals surface area contributed by atoms with Gasteiger partial charge in [-0.2, -0.15) is 0 Å². The zero-order valence-corrected chi connectivity index (χ0v) is 15.2. The van der Waals surface area contributed by atoms with Crippen LogP contribution in [-0.4, -0.2) is 33.1 Å². The number of aromatic amines is 1. The zero-order chi connectivity index (χ0) is 18.6. The molecule has 0 spiro atoms. The van der Waals surface area contributed by atoms with Crippen molar-refractivity contribution in [1.29, 1.82) is 0 Å². The average molecular weight is 383 g/mol. The largest absolute Gasteiger partial charge is 0.454 e. The molecule has 1 aliphatic heterocycles. The Morgan fingerprint density at radius 2 is 1.96 bits per heavy atom. The number of carbonyl (C=O) groups excluding carboxylic acids is 1. The molecule has 1 aromatic heterocycles. The number of carbonyl (C=O) groups is 1. The van der Waals surface area contributed by atoms with Crippen LogP contribution < -0.4 is 15.2 Å². The second kappa shape index (κ2) is 7.71. The maximum atomic E-state index is 12.5.